The van der Waals surface area contributed by atoms with E-state index in [2.05, 4.69) is 10.1 Å². The molecule has 3 N–H and O–H groups in total. The summed E-state index contributed by atoms with van der Waals surface area (Å²) < 4.78 is 1.76. The first-order valence-corrected chi connectivity index (χ1v) is 4.76. The van der Waals surface area contributed by atoms with E-state index < -0.39 is 0 Å². The molecule has 0 saturated carbocycles. The highest BCUT2D eigenvalue weighted by Gasteiger charge is 2.08. The van der Waals surface area contributed by atoms with E-state index in [4.69, 9.17) is 10.9 Å². The average molecular weight is 208 g/mol. The molecular formula is C8H8N4OS. The highest BCUT2D eigenvalue weighted by atomic mass is 32.1. The van der Waals surface area contributed by atoms with Gasteiger partial charge in [0, 0.05) is 17.8 Å². The molecule has 14 heavy (non-hydrogen) atoms. The number of nitrogens with zero attached hydrogens (tertiary/aromatic N) is 3. The van der Waals surface area contributed by atoms with Crippen LogP contribution in [0.3, 0.4) is 0 Å². The second-order valence-corrected chi connectivity index (χ2v) is 3.44. The largest absolute Gasteiger partial charge is 0.409 e. The number of nitrogens with two attached hydrogens (primary N) is 1. The first kappa shape index (κ1) is 8.76. The predicted molar refractivity (Wildman–Crippen MR) is 54.0 cm³/mol. The van der Waals surface area contributed by atoms with Crippen LogP contribution in [-0.2, 0) is 0 Å². The highest BCUT2D eigenvalue weighted by molar-refractivity contribution is 7.12. The average Bonchev–Trinajstić information content (AvgIpc) is 2.85. The zero-order valence-electron chi connectivity index (χ0n) is 7.16. The SMILES string of the molecule is N/C(=N/O)c1cccn1-c1nccs1. The molecule has 2 aromatic heterocycles. The van der Waals surface area contributed by atoms with Crippen LogP contribution in [0.5, 0.6) is 0 Å². The summed E-state index contributed by atoms with van der Waals surface area (Å²) in [6.07, 6.45) is 3.52. The van der Waals surface area contributed by atoms with Crippen LogP contribution in [0.4, 0.5) is 0 Å². The molecular weight excluding hydrogens is 200 g/mol. The molecule has 2 aromatic rings. The van der Waals surface area contributed by atoms with Gasteiger partial charge >= 0.3 is 0 Å². The van der Waals surface area contributed by atoms with Gasteiger partial charge in [-0.3, -0.25) is 4.57 Å². The van der Waals surface area contributed by atoms with Crippen LogP contribution in [0.2, 0.25) is 0 Å². The van der Waals surface area contributed by atoms with E-state index in [-0.39, 0.29) is 5.84 Å². The van der Waals surface area contributed by atoms with Gasteiger partial charge in [0.15, 0.2) is 11.0 Å². The second kappa shape index (κ2) is 3.51. The standard InChI is InChI=1S/C8H8N4OS/c9-7(11-13)6-2-1-4-12(6)8-10-3-5-14-8/h1-5,13H,(H2,9,11). The fraction of sp³-hybridized carbons (Fsp3) is 0. The van der Waals surface area contributed by atoms with E-state index in [1.165, 1.54) is 11.3 Å². The molecule has 72 valence electrons. The normalized spacial score (nSPS) is 11.9. The van der Waals surface area contributed by atoms with Crippen molar-refractivity contribution in [2.24, 2.45) is 10.9 Å². The summed E-state index contributed by atoms with van der Waals surface area (Å²) in [6.45, 7) is 0. The molecule has 0 atom stereocenters. The van der Waals surface area contributed by atoms with Crippen molar-refractivity contribution < 1.29 is 5.21 Å². The lowest BCUT2D eigenvalue weighted by Crippen LogP contribution is -2.17. The van der Waals surface area contributed by atoms with Crippen LogP contribution in [0, 0.1) is 0 Å². The molecule has 0 amide bonds. The second-order valence-electron chi connectivity index (χ2n) is 2.56. The first-order chi connectivity index (χ1) is 6.83. The summed E-state index contributed by atoms with van der Waals surface area (Å²) in [6, 6.07) is 3.57. The Morgan fingerprint density at radius 1 is 1.64 bits per heavy atom. The first-order valence-electron chi connectivity index (χ1n) is 3.88. The number of rotatable bonds is 2. The third kappa shape index (κ3) is 1.35. The van der Waals surface area contributed by atoms with Gasteiger partial charge in [-0.25, -0.2) is 4.98 Å². The molecule has 0 fully saturated rings. The van der Waals surface area contributed by atoms with Gasteiger partial charge in [-0.2, -0.15) is 0 Å². The Morgan fingerprint density at radius 2 is 2.50 bits per heavy atom. The third-order valence-electron chi connectivity index (χ3n) is 1.74. The predicted octanol–water partition coefficient (Wildman–Crippen LogP) is 1.03. The van der Waals surface area contributed by atoms with Crippen LogP contribution in [0.1, 0.15) is 5.69 Å². The topological polar surface area (TPSA) is 76.4 Å². The molecule has 6 heteroatoms. The molecule has 0 unspecified atom stereocenters. The maximum Gasteiger partial charge on any atom is 0.194 e. The number of hydrogen-bond donors (Lipinski definition) is 2. The van der Waals surface area contributed by atoms with E-state index in [0.29, 0.717) is 5.69 Å². The number of oxime groups is 1. The zero-order valence-corrected chi connectivity index (χ0v) is 7.98. The van der Waals surface area contributed by atoms with Gasteiger partial charge in [0.05, 0.1) is 5.69 Å². The Morgan fingerprint density at radius 3 is 3.14 bits per heavy atom. The maximum absolute atomic E-state index is 8.56. The lowest BCUT2D eigenvalue weighted by molar-refractivity contribution is 0.318. The molecule has 2 rings (SSSR count). The van der Waals surface area contributed by atoms with Crippen LogP contribution in [0.15, 0.2) is 35.1 Å². The lowest BCUT2D eigenvalue weighted by Gasteiger charge is -2.02. The Kier molecular flexibility index (Phi) is 2.19. The van der Waals surface area contributed by atoms with Crippen molar-refractivity contribution in [3.05, 3.63) is 35.6 Å². The van der Waals surface area contributed by atoms with E-state index in [9.17, 15) is 0 Å². The number of amidine groups is 1. The molecule has 0 aliphatic rings. The van der Waals surface area contributed by atoms with E-state index in [1.807, 2.05) is 17.6 Å². The summed E-state index contributed by atoms with van der Waals surface area (Å²) in [4.78, 5) is 4.13. The van der Waals surface area contributed by atoms with Crippen molar-refractivity contribution in [3.63, 3.8) is 0 Å². The fourth-order valence-electron chi connectivity index (χ4n) is 1.14. The van der Waals surface area contributed by atoms with Gasteiger partial charge in [-0.05, 0) is 12.1 Å². The van der Waals surface area contributed by atoms with Crippen LogP contribution >= 0.6 is 11.3 Å². The summed E-state index contributed by atoms with van der Waals surface area (Å²) >= 11 is 1.48. The molecule has 0 bridgehead atoms. The minimum absolute atomic E-state index is 0.0743. The van der Waals surface area contributed by atoms with Crippen molar-refractivity contribution in [2.75, 3.05) is 0 Å². The molecule has 0 radical (unpaired) electrons. The number of aromatic nitrogens is 2. The van der Waals surface area contributed by atoms with Crippen molar-refractivity contribution in [1.29, 1.82) is 0 Å². The van der Waals surface area contributed by atoms with Gasteiger partial charge in [0.25, 0.3) is 0 Å². The molecule has 5 nitrogen and oxygen atoms in total. The van der Waals surface area contributed by atoms with Crippen molar-refractivity contribution in [3.8, 4) is 5.13 Å². The maximum atomic E-state index is 8.56. The minimum atomic E-state index is 0.0743. The third-order valence-corrected chi connectivity index (χ3v) is 2.52. The van der Waals surface area contributed by atoms with Gasteiger partial charge < -0.3 is 10.9 Å². The summed E-state index contributed by atoms with van der Waals surface area (Å²) in [7, 11) is 0. The Bertz CT molecular complexity index is 446. The summed E-state index contributed by atoms with van der Waals surface area (Å²) in [5, 5.41) is 14.2. The van der Waals surface area contributed by atoms with Crippen LogP contribution in [0.25, 0.3) is 5.13 Å². The molecule has 0 saturated heterocycles. The highest BCUT2D eigenvalue weighted by Crippen LogP contribution is 2.14. The quantitative estimate of drug-likeness (QED) is 0.335. The van der Waals surface area contributed by atoms with Gasteiger partial charge in [0.1, 0.15) is 0 Å². The molecule has 2 heterocycles. The molecule has 0 aromatic carbocycles. The van der Waals surface area contributed by atoms with Crippen molar-refractivity contribution in [2.45, 2.75) is 0 Å². The molecule has 0 spiro atoms. The minimum Gasteiger partial charge on any atom is -0.409 e. The van der Waals surface area contributed by atoms with Gasteiger partial charge in [-0.15, -0.1) is 11.3 Å². The monoisotopic (exact) mass is 208 g/mol. The van der Waals surface area contributed by atoms with Crippen molar-refractivity contribution >= 4 is 17.2 Å². The molecule has 0 aliphatic carbocycles. The Labute approximate surface area is 84.1 Å². The summed E-state index contributed by atoms with van der Waals surface area (Å²) in [5.41, 5.74) is 6.13. The number of hydrogen-bond acceptors (Lipinski definition) is 4. The van der Waals surface area contributed by atoms with E-state index >= 15 is 0 Å². The van der Waals surface area contributed by atoms with Crippen molar-refractivity contribution in [1.82, 2.24) is 9.55 Å². The Hall–Kier alpha value is -1.82. The van der Waals surface area contributed by atoms with Crippen LogP contribution in [-0.4, -0.2) is 20.6 Å². The van der Waals surface area contributed by atoms with Crippen LogP contribution < -0.4 is 5.73 Å². The smallest absolute Gasteiger partial charge is 0.194 e. The van der Waals surface area contributed by atoms with E-state index in [1.54, 1.807) is 16.8 Å². The Balaban J connectivity index is 2.50. The zero-order chi connectivity index (χ0) is 9.97. The summed E-state index contributed by atoms with van der Waals surface area (Å²) in [5.74, 6) is 0.0743. The lowest BCUT2D eigenvalue weighted by atomic mass is 10.4. The molecule has 0 aliphatic heterocycles. The fourth-order valence-corrected chi connectivity index (χ4v) is 1.78. The van der Waals surface area contributed by atoms with Gasteiger partial charge in [-0.1, -0.05) is 5.16 Å². The van der Waals surface area contributed by atoms with E-state index in [0.717, 1.165) is 5.13 Å². The number of thiazole rings is 1. The van der Waals surface area contributed by atoms with Gasteiger partial charge in [0.2, 0.25) is 0 Å².